The summed E-state index contributed by atoms with van der Waals surface area (Å²) in [5, 5.41) is 4.20. The van der Waals surface area contributed by atoms with Gasteiger partial charge in [-0.05, 0) is 51.8 Å². The number of hydrogen-bond acceptors (Lipinski definition) is 4. The van der Waals surface area contributed by atoms with Gasteiger partial charge in [0.2, 0.25) is 10.0 Å². The predicted molar refractivity (Wildman–Crippen MR) is 90.4 cm³/mol. The molecule has 1 saturated heterocycles. The first-order chi connectivity index (χ1) is 11.3. The minimum atomic E-state index is -3.69. The first kappa shape index (κ1) is 16.9. The Morgan fingerprint density at radius 1 is 1.17 bits per heavy atom. The molecule has 0 spiro atoms. The molecule has 1 fully saturated rings. The Morgan fingerprint density at radius 3 is 2.42 bits per heavy atom. The number of rotatable bonds is 3. The van der Waals surface area contributed by atoms with E-state index in [9.17, 15) is 13.2 Å². The smallest absolute Gasteiger partial charge is 0.265 e. The molecule has 0 bridgehead atoms. The molecule has 1 aromatic carbocycles. The molecule has 24 heavy (non-hydrogen) atoms. The molecule has 2 aromatic rings. The molecule has 7 heteroatoms. The molecule has 128 valence electrons. The van der Waals surface area contributed by atoms with E-state index in [1.165, 1.54) is 8.99 Å². The Hall–Kier alpha value is -1.99. The molecular formula is C17H21N3O3S. The fourth-order valence-corrected chi connectivity index (χ4v) is 4.76. The van der Waals surface area contributed by atoms with Crippen LogP contribution in [0.25, 0.3) is 0 Å². The molecular weight excluding hydrogens is 326 g/mol. The summed E-state index contributed by atoms with van der Waals surface area (Å²) in [5.74, 6) is -0.284. The van der Waals surface area contributed by atoms with Crippen molar-refractivity contribution in [2.75, 3.05) is 6.54 Å². The first-order valence-corrected chi connectivity index (χ1v) is 9.41. The largest absolute Gasteiger partial charge is 0.271 e. The monoisotopic (exact) mass is 347 g/mol. The third-order valence-electron chi connectivity index (χ3n) is 4.33. The van der Waals surface area contributed by atoms with Gasteiger partial charge in [0.1, 0.15) is 6.04 Å². The molecule has 0 aliphatic carbocycles. The summed E-state index contributed by atoms with van der Waals surface area (Å²) < 4.78 is 28.5. The van der Waals surface area contributed by atoms with Gasteiger partial charge in [-0.2, -0.15) is 9.40 Å². The number of carbonyl (C=O) groups is 1. The van der Waals surface area contributed by atoms with E-state index < -0.39 is 16.1 Å². The molecule has 0 saturated carbocycles. The zero-order valence-corrected chi connectivity index (χ0v) is 14.9. The Morgan fingerprint density at radius 2 is 1.83 bits per heavy atom. The van der Waals surface area contributed by atoms with Crippen LogP contribution < -0.4 is 0 Å². The lowest BCUT2D eigenvalue weighted by atomic mass is 10.2. The Labute approximate surface area is 142 Å². The Kier molecular flexibility index (Phi) is 4.31. The van der Waals surface area contributed by atoms with Crippen LogP contribution in [0.5, 0.6) is 0 Å². The maximum Gasteiger partial charge on any atom is 0.265 e. The van der Waals surface area contributed by atoms with E-state index in [0.717, 1.165) is 17.0 Å². The number of hydrogen-bond donors (Lipinski definition) is 0. The van der Waals surface area contributed by atoms with Gasteiger partial charge in [-0.1, -0.05) is 17.7 Å². The Balaban J connectivity index is 1.94. The van der Waals surface area contributed by atoms with Crippen molar-refractivity contribution in [1.82, 2.24) is 14.1 Å². The number of sulfonamides is 1. The molecule has 2 heterocycles. The lowest BCUT2D eigenvalue weighted by molar-refractivity contribution is 0.0813. The molecule has 0 amide bonds. The number of benzene rings is 1. The van der Waals surface area contributed by atoms with E-state index in [0.29, 0.717) is 19.4 Å². The third-order valence-corrected chi connectivity index (χ3v) is 6.26. The zero-order valence-electron chi connectivity index (χ0n) is 14.1. The molecule has 0 N–H and O–H groups in total. The summed E-state index contributed by atoms with van der Waals surface area (Å²) in [4.78, 5) is 13.0. The average Bonchev–Trinajstić information content (AvgIpc) is 3.14. The van der Waals surface area contributed by atoms with Gasteiger partial charge in [0.05, 0.1) is 10.6 Å². The standard InChI is InChI=1S/C17H21N3O3S/c1-12-6-8-15(9-7-12)24(22,23)19-10-4-5-16(19)17(21)20-14(3)11-13(2)18-20/h6-9,11,16H,4-5,10H2,1-3H3/t16-/m0/s1. The van der Waals surface area contributed by atoms with Crippen LogP contribution in [0.15, 0.2) is 35.2 Å². The minimum Gasteiger partial charge on any atom is -0.271 e. The van der Waals surface area contributed by atoms with Gasteiger partial charge in [-0.3, -0.25) is 4.79 Å². The van der Waals surface area contributed by atoms with Crippen LogP contribution >= 0.6 is 0 Å². The number of nitrogens with zero attached hydrogens (tertiary/aromatic N) is 3. The third kappa shape index (κ3) is 2.89. The van der Waals surface area contributed by atoms with Crippen LogP contribution in [-0.4, -0.2) is 41.0 Å². The number of aryl methyl sites for hydroxylation is 3. The van der Waals surface area contributed by atoms with Gasteiger partial charge in [0, 0.05) is 12.2 Å². The van der Waals surface area contributed by atoms with Gasteiger partial charge >= 0.3 is 0 Å². The van der Waals surface area contributed by atoms with Crippen molar-refractivity contribution in [2.45, 2.75) is 44.6 Å². The molecule has 1 atom stereocenters. The highest BCUT2D eigenvalue weighted by molar-refractivity contribution is 7.89. The summed E-state index contributed by atoms with van der Waals surface area (Å²) in [7, 11) is -3.69. The van der Waals surface area contributed by atoms with Crippen molar-refractivity contribution in [3.63, 3.8) is 0 Å². The van der Waals surface area contributed by atoms with Crippen molar-refractivity contribution in [1.29, 1.82) is 0 Å². The highest BCUT2D eigenvalue weighted by Gasteiger charge is 2.40. The van der Waals surface area contributed by atoms with E-state index in [2.05, 4.69) is 5.10 Å². The lowest BCUT2D eigenvalue weighted by Crippen LogP contribution is -2.43. The summed E-state index contributed by atoms with van der Waals surface area (Å²) in [6, 6.07) is 7.82. The second kappa shape index (κ2) is 6.14. The van der Waals surface area contributed by atoms with E-state index in [-0.39, 0.29) is 10.8 Å². The van der Waals surface area contributed by atoms with Crippen molar-refractivity contribution in [3.05, 3.63) is 47.3 Å². The Bertz CT molecular complexity index is 869. The van der Waals surface area contributed by atoms with Crippen LogP contribution in [0.3, 0.4) is 0 Å². The highest BCUT2D eigenvalue weighted by Crippen LogP contribution is 2.27. The van der Waals surface area contributed by atoms with Crippen molar-refractivity contribution < 1.29 is 13.2 Å². The van der Waals surface area contributed by atoms with Crippen LogP contribution in [0.2, 0.25) is 0 Å². The maximum atomic E-state index is 12.9. The van der Waals surface area contributed by atoms with Crippen LogP contribution in [0, 0.1) is 20.8 Å². The molecule has 1 aliphatic rings. The van der Waals surface area contributed by atoms with Gasteiger partial charge in [0.25, 0.3) is 5.91 Å². The van der Waals surface area contributed by atoms with E-state index in [4.69, 9.17) is 0 Å². The molecule has 0 radical (unpaired) electrons. The molecule has 0 unspecified atom stereocenters. The molecule has 1 aromatic heterocycles. The van der Waals surface area contributed by atoms with Crippen LogP contribution in [-0.2, 0) is 10.0 Å². The highest BCUT2D eigenvalue weighted by atomic mass is 32.2. The quantitative estimate of drug-likeness (QED) is 0.854. The predicted octanol–water partition coefficient (Wildman–Crippen LogP) is 2.30. The van der Waals surface area contributed by atoms with Gasteiger partial charge in [0.15, 0.2) is 0 Å². The lowest BCUT2D eigenvalue weighted by Gasteiger charge is -2.23. The van der Waals surface area contributed by atoms with Crippen molar-refractivity contribution in [3.8, 4) is 0 Å². The number of carbonyl (C=O) groups excluding carboxylic acids is 1. The second-order valence-electron chi connectivity index (χ2n) is 6.26. The topological polar surface area (TPSA) is 72.3 Å². The summed E-state index contributed by atoms with van der Waals surface area (Å²) in [5.41, 5.74) is 2.45. The SMILES string of the molecule is Cc1ccc(S(=O)(=O)N2CCC[C@H]2C(=O)n2nc(C)cc2C)cc1. The molecule has 1 aliphatic heterocycles. The maximum absolute atomic E-state index is 12.9. The first-order valence-electron chi connectivity index (χ1n) is 7.97. The normalized spacial score (nSPS) is 18.9. The molecule has 3 rings (SSSR count). The van der Waals surface area contributed by atoms with Crippen molar-refractivity contribution in [2.24, 2.45) is 0 Å². The summed E-state index contributed by atoms with van der Waals surface area (Å²) in [6.07, 6.45) is 1.18. The zero-order chi connectivity index (χ0) is 17.5. The molecule has 6 nitrogen and oxygen atoms in total. The van der Waals surface area contributed by atoms with Crippen molar-refractivity contribution >= 4 is 15.9 Å². The van der Waals surface area contributed by atoms with Crippen LogP contribution in [0.1, 0.15) is 34.6 Å². The number of aromatic nitrogens is 2. The van der Waals surface area contributed by atoms with E-state index in [1.807, 2.05) is 19.9 Å². The fourth-order valence-electron chi connectivity index (χ4n) is 3.11. The second-order valence-corrected chi connectivity index (χ2v) is 8.15. The van der Waals surface area contributed by atoms with E-state index >= 15 is 0 Å². The minimum absolute atomic E-state index is 0.223. The van der Waals surface area contributed by atoms with Gasteiger partial charge in [-0.15, -0.1) is 0 Å². The fraction of sp³-hybridized carbons (Fsp3) is 0.412. The summed E-state index contributed by atoms with van der Waals surface area (Å²) >= 11 is 0. The average molecular weight is 347 g/mol. The summed E-state index contributed by atoms with van der Waals surface area (Å²) in [6.45, 7) is 5.87. The van der Waals surface area contributed by atoms with Crippen LogP contribution in [0.4, 0.5) is 0 Å². The van der Waals surface area contributed by atoms with Gasteiger partial charge < -0.3 is 0 Å². The van der Waals surface area contributed by atoms with E-state index in [1.54, 1.807) is 31.2 Å². The van der Waals surface area contributed by atoms with Gasteiger partial charge in [-0.25, -0.2) is 13.1 Å².